The minimum Gasteiger partial charge on any atom is -0.264 e. The minimum absolute atomic E-state index is 1.14. The number of hydrogen-bond acceptors (Lipinski definition) is 1. The molecular formula is C24H23N2+. The summed E-state index contributed by atoms with van der Waals surface area (Å²) in [5, 5.41) is 2.49. The Hall–Kier alpha value is -3.00. The smallest absolute Gasteiger partial charge is 0.213 e. The highest BCUT2D eigenvalue weighted by molar-refractivity contribution is 5.88. The van der Waals surface area contributed by atoms with Crippen LogP contribution < -0.4 is 4.57 Å². The van der Waals surface area contributed by atoms with Gasteiger partial charge in [0.1, 0.15) is 7.05 Å². The van der Waals surface area contributed by atoms with Gasteiger partial charge in [0.25, 0.3) is 0 Å². The number of benzene rings is 2. The van der Waals surface area contributed by atoms with Crippen LogP contribution in [0.15, 0.2) is 67.1 Å². The predicted molar refractivity (Wildman–Crippen MR) is 108 cm³/mol. The number of hydrogen-bond donors (Lipinski definition) is 0. The molecule has 2 nitrogen and oxygen atoms in total. The highest BCUT2D eigenvalue weighted by Gasteiger charge is 2.16. The molecule has 128 valence electrons. The number of pyridine rings is 2. The number of rotatable bonds is 2. The molecule has 0 aliphatic carbocycles. The second-order valence-corrected chi connectivity index (χ2v) is 7.11. The van der Waals surface area contributed by atoms with E-state index in [0.717, 1.165) is 5.56 Å². The summed E-state index contributed by atoms with van der Waals surface area (Å²) >= 11 is 0. The summed E-state index contributed by atoms with van der Waals surface area (Å²) in [4.78, 5) is 4.23. The van der Waals surface area contributed by atoms with Gasteiger partial charge in [-0.2, -0.15) is 0 Å². The van der Waals surface area contributed by atoms with Crippen LogP contribution in [0.2, 0.25) is 0 Å². The first kappa shape index (κ1) is 16.5. The molecule has 0 unspecified atom stereocenters. The molecule has 0 fully saturated rings. The Morgan fingerprint density at radius 1 is 0.846 bits per heavy atom. The topological polar surface area (TPSA) is 16.8 Å². The Morgan fingerprint density at radius 2 is 1.69 bits per heavy atom. The van der Waals surface area contributed by atoms with Crippen molar-refractivity contribution in [3.63, 3.8) is 0 Å². The molecule has 0 atom stereocenters. The molecule has 0 saturated heterocycles. The highest BCUT2D eigenvalue weighted by atomic mass is 14.9. The van der Waals surface area contributed by atoms with Gasteiger partial charge in [0.05, 0.1) is 0 Å². The summed E-state index contributed by atoms with van der Waals surface area (Å²) in [6.07, 6.45) is 5.94. The van der Waals surface area contributed by atoms with Gasteiger partial charge in [-0.25, -0.2) is 4.57 Å². The quantitative estimate of drug-likeness (QED) is 0.452. The molecule has 0 N–H and O–H groups in total. The number of nitrogens with zero attached hydrogens (tertiary/aromatic N) is 2. The third-order valence-corrected chi connectivity index (χ3v) is 5.17. The monoisotopic (exact) mass is 339 g/mol. The van der Waals surface area contributed by atoms with Crippen LogP contribution in [0.5, 0.6) is 0 Å². The number of fused-ring (bicyclic) bond motifs is 1. The van der Waals surface area contributed by atoms with E-state index in [1.807, 2.05) is 18.5 Å². The summed E-state index contributed by atoms with van der Waals surface area (Å²) in [6, 6.07) is 17.5. The van der Waals surface area contributed by atoms with Crippen LogP contribution >= 0.6 is 0 Å². The van der Waals surface area contributed by atoms with E-state index in [1.54, 1.807) is 0 Å². The van der Waals surface area contributed by atoms with Crippen molar-refractivity contribution in [1.29, 1.82) is 0 Å². The molecule has 0 bridgehead atoms. The minimum atomic E-state index is 1.14. The fraction of sp³-hybridized carbons (Fsp3) is 0.167. The maximum Gasteiger partial charge on any atom is 0.213 e. The van der Waals surface area contributed by atoms with E-state index in [2.05, 4.69) is 86.0 Å². The molecule has 0 saturated carbocycles. The van der Waals surface area contributed by atoms with Gasteiger partial charge in [0.2, 0.25) is 5.69 Å². The van der Waals surface area contributed by atoms with E-state index in [0.29, 0.717) is 0 Å². The summed E-state index contributed by atoms with van der Waals surface area (Å²) in [5.74, 6) is 0. The average Bonchev–Trinajstić information content (AvgIpc) is 2.64. The standard InChI is InChI=1S/C24H23N2/c1-16-10-17(2)18(3)23(11-16)24-13-20-8-7-19(12-22(20)15-26(24)4)21-6-5-9-25-14-21/h5-15H,1-4H3/q+1. The van der Waals surface area contributed by atoms with Crippen LogP contribution in [0.1, 0.15) is 16.7 Å². The van der Waals surface area contributed by atoms with Crippen LogP contribution in [0.3, 0.4) is 0 Å². The van der Waals surface area contributed by atoms with Crippen molar-refractivity contribution in [3.8, 4) is 22.4 Å². The Bertz CT molecular complexity index is 1110. The molecule has 2 heterocycles. The van der Waals surface area contributed by atoms with Crippen molar-refractivity contribution in [1.82, 2.24) is 4.98 Å². The van der Waals surface area contributed by atoms with E-state index in [1.165, 1.54) is 44.3 Å². The Labute approximate surface area is 154 Å². The molecule has 26 heavy (non-hydrogen) atoms. The van der Waals surface area contributed by atoms with Crippen molar-refractivity contribution in [2.45, 2.75) is 20.8 Å². The van der Waals surface area contributed by atoms with Crippen molar-refractivity contribution in [2.75, 3.05) is 0 Å². The van der Waals surface area contributed by atoms with Crippen LogP contribution in [0.25, 0.3) is 33.2 Å². The van der Waals surface area contributed by atoms with Crippen LogP contribution in [0.4, 0.5) is 0 Å². The molecule has 0 amide bonds. The molecule has 2 aromatic carbocycles. The first-order valence-corrected chi connectivity index (χ1v) is 8.95. The summed E-state index contributed by atoms with van der Waals surface area (Å²) in [5.41, 5.74) is 8.88. The Kier molecular flexibility index (Phi) is 4.04. The third kappa shape index (κ3) is 2.88. The molecule has 0 spiro atoms. The maximum absolute atomic E-state index is 4.23. The fourth-order valence-corrected chi connectivity index (χ4v) is 3.63. The van der Waals surface area contributed by atoms with Gasteiger partial charge < -0.3 is 0 Å². The first-order chi connectivity index (χ1) is 12.5. The van der Waals surface area contributed by atoms with Crippen LogP contribution in [0, 0.1) is 20.8 Å². The van der Waals surface area contributed by atoms with E-state index < -0.39 is 0 Å². The van der Waals surface area contributed by atoms with Gasteiger partial charge in [-0.05, 0) is 61.0 Å². The van der Waals surface area contributed by atoms with Crippen molar-refractivity contribution < 1.29 is 4.57 Å². The average molecular weight is 339 g/mol. The molecule has 0 aliphatic rings. The lowest BCUT2D eigenvalue weighted by molar-refractivity contribution is -0.659. The molecule has 0 radical (unpaired) electrons. The molecule has 2 aromatic heterocycles. The van der Waals surface area contributed by atoms with Gasteiger partial charge in [-0.3, -0.25) is 4.98 Å². The van der Waals surface area contributed by atoms with E-state index >= 15 is 0 Å². The molecule has 4 aromatic rings. The zero-order valence-electron chi connectivity index (χ0n) is 15.7. The largest absolute Gasteiger partial charge is 0.264 e. The van der Waals surface area contributed by atoms with E-state index in [9.17, 15) is 0 Å². The Morgan fingerprint density at radius 3 is 2.46 bits per heavy atom. The van der Waals surface area contributed by atoms with Gasteiger partial charge >= 0.3 is 0 Å². The highest BCUT2D eigenvalue weighted by Crippen LogP contribution is 2.29. The van der Waals surface area contributed by atoms with Crippen molar-refractivity contribution >= 4 is 10.8 Å². The molecule has 0 aliphatic heterocycles. The summed E-state index contributed by atoms with van der Waals surface area (Å²) in [6.45, 7) is 6.56. The Balaban J connectivity index is 1.88. The lowest BCUT2D eigenvalue weighted by Crippen LogP contribution is -2.30. The van der Waals surface area contributed by atoms with Crippen LogP contribution in [-0.2, 0) is 7.05 Å². The van der Waals surface area contributed by atoms with Crippen molar-refractivity contribution in [3.05, 3.63) is 83.8 Å². The van der Waals surface area contributed by atoms with Gasteiger partial charge in [-0.15, -0.1) is 0 Å². The SMILES string of the molecule is Cc1cc(C)c(C)c(-c2cc3ccc(-c4cccnc4)cc3c[n+]2C)c1. The van der Waals surface area contributed by atoms with Crippen molar-refractivity contribution in [2.24, 2.45) is 7.05 Å². The van der Waals surface area contributed by atoms with Gasteiger partial charge in [0, 0.05) is 35.0 Å². The van der Waals surface area contributed by atoms with E-state index in [-0.39, 0.29) is 0 Å². The predicted octanol–water partition coefficient (Wildman–Crippen LogP) is 5.32. The maximum atomic E-state index is 4.23. The third-order valence-electron chi connectivity index (χ3n) is 5.17. The van der Waals surface area contributed by atoms with E-state index in [4.69, 9.17) is 0 Å². The molecule has 2 heteroatoms. The van der Waals surface area contributed by atoms with Gasteiger partial charge in [-0.1, -0.05) is 29.8 Å². The number of aryl methyl sites for hydroxylation is 3. The fourth-order valence-electron chi connectivity index (χ4n) is 3.63. The summed E-state index contributed by atoms with van der Waals surface area (Å²) < 4.78 is 2.23. The summed E-state index contributed by atoms with van der Waals surface area (Å²) in [7, 11) is 2.13. The molecular weight excluding hydrogens is 316 g/mol. The number of aromatic nitrogens is 2. The second kappa shape index (κ2) is 6.38. The normalized spacial score (nSPS) is 11.1. The van der Waals surface area contributed by atoms with Gasteiger partial charge in [0.15, 0.2) is 6.20 Å². The lowest BCUT2D eigenvalue weighted by atomic mass is 9.96. The van der Waals surface area contributed by atoms with Crippen LogP contribution in [-0.4, -0.2) is 4.98 Å². The lowest BCUT2D eigenvalue weighted by Gasteiger charge is -2.10. The first-order valence-electron chi connectivity index (χ1n) is 8.95. The zero-order chi connectivity index (χ0) is 18.3. The zero-order valence-corrected chi connectivity index (χ0v) is 15.7. The molecule has 4 rings (SSSR count). The second-order valence-electron chi connectivity index (χ2n) is 7.11.